The van der Waals surface area contributed by atoms with Gasteiger partial charge in [0.25, 0.3) is 0 Å². The van der Waals surface area contributed by atoms with Crippen LogP contribution in [0, 0.1) is 17.1 Å². The van der Waals surface area contributed by atoms with Gasteiger partial charge in [-0.3, -0.25) is 0 Å². The van der Waals surface area contributed by atoms with E-state index in [4.69, 9.17) is 10.00 Å². The summed E-state index contributed by atoms with van der Waals surface area (Å²) in [6.45, 7) is -0.00603. The van der Waals surface area contributed by atoms with Gasteiger partial charge >= 0.3 is 0 Å². The van der Waals surface area contributed by atoms with Crippen molar-refractivity contribution in [3.8, 4) is 11.8 Å². The van der Waals surface area contributed by atoms with Crippen LogP contribution in [0.2, 0.25) is 0 Å². The summed E-state index contributed by atoms with van der Waals surface area (Å²) in [5.74, 6) is 0.378. The zero-order chi connectivity index (χ0) is 14.7. The maximum absolute atomic E-state index is 13.7. The Hall–Kier alpha value is -2.45. The highest BCUT2D eigenvalue weighted by Crippen LogP contribution is 2.37. The smallest absolute Gasteiger partial charge is 0.174 e. The maximum Gasteiger partial charge on any atom is 0.174 e. The van der Waals surface area contributed by atoms with Crippen molar-refractivity contribution in [2.24, 2.45) is 0 Å². The van der Waals surface area contributed by atoms with Crippen LogP contribution in [0.5, 0.6) is 5.75 Å². The molecule has 1 aromatic heterocycles. The predicted octanol–water partition coefficient (Wildman–Crippen LogP) is 4.36. The van der Waals surface area contributed by atoms with Gasteiger partial charge in [0.15, 0.2) is 6.61 Å². The molecule has 1 N–H and O–H groups in total. The van der Waals surface area contributed by atoms with Crippen LogP contribution in [0.4, 0.5) is 4.39 Å². The third-order valence-corrected chi connectivity index (χ3v) is 4.10. The summed E-state index contributed by atoms with van der Waals surface area (Å²) in [5.41, 5.74) is 0.812. The lowest BCUT2D eigenvalue weighted by Gasteiger charge is -2.04. The largest absolute Gasteiger partial charge is 0.477 e. The minimum absolute atomic E-state index is 0.00603. The Morgan fingerprint density at radius 3 is 2.81 bits per heavy atom. The fourth-order valence-corrected chi connectivity index (χ4v) is 3.01. The lowest BCUT2D eigenvalue weighted by Crippen LogP contribution is -1.93. The lowest BCUT2D eigenvalue weighted by molar-refractivity contribution is 0.372. The predicted molar refractivity (Wildman–Crippen MR) is 79.9 cm³/mol. The molecule has 0 atom stereocenters. The molecule has 104 valence electrons. The fraction of sp³-hybridized carbons (Fsp3) is 0.0625. The Kier molecular flexibility index (Phi) is 3.80. The van der Waals surface area contributed by atoms with Gasteiger partial charge in [0.2, 0.25) is 0 Å². The van der Waals surface area contributed by atoms with Crippen LogP contribution in [-0.2, 0) is 0 Å². The van der Waals surface area contributed by atoms with E-state index in [-0.39, 0.29) is 12.4 Å². The number of nitriles is 1. The molecular formula is C16H11FN2OS. The van der Waals surface area contributed by atoms with E-state index in [0.717, 1.165) is 15.8 Å². The molecule has 3 nitrogen and oxygen atoms in total. The van der Waals surface area contributed by atoms with Gasteiger partial charge in [-0.25, -0.2) is 4.39 Å². The monoisotopic (exact) mass is 298 g/mol. The molecule has 0 bridgehead atoms. The molecule has 0 saturated carbocycles. The SMILES string of the molecule is N#CCOc1cccc2c(Sc3ccccc3F)c[nH]c12. The highest BCUT2D eigenvalue weighted by molar-refractivity contribution is 7.99. The first kappa shape index (κ1) is 13.5. The molecule has 0 amide bonds. The average Bonchev–Trinajstić information content (AvgIpc) is 2.91. The van der Waals surface area contributed by atoms with E-state index in [0.29, 0.717) is 10.6 Å². The molecule has 0 saturated heterocycles. The fourth-order valence-electron chi connectivity index (χ4n) is 2.06. The van der Waals surface area contributed by atoms with Crippen molar-refractivity contribution >= 4 is 22.7 Å². The van der Waals surface area contributed by atoms with Crippen LogP contribution in [0.3, 0.4) is 0 Å². The molecule has 0 aliphatic rings. The number of nitrogens with one attached hydrogen (secondary N) is 1. The van der Waals surface area contributed by atoms with Crippen molar-refractivity contribution in [3.05, 3.63) is 54.5 Å². The van der Waals surface area contributed by atoms with E-state index in [2.05, 4.69) is 4.98 Å². The van der Waals surface area contributed by atoms with Crippen LogP contribution in [0.15, 0.2) is 58.5 Å². The molecule has 3 aromatic rings. The minimum atomic E-state index is -0.242. The van der Waals surface area contributed by atoms with Crippen LogP contribution >= 0.6 is 11.8 Å². The topological polar surface area (TPSA) is 48.8 Å². The van der Waals surface area contributed by atoms with Gasteiger partial charge in [-0.15, -0.1) is 0 Å². The maximum atomic E-state index is 13.7. The Morgan fingerprint density at radius 1 is 1.14 bits per heavy atom. The van der Waals surface area contributed by atoms with E-state index in [1.165, 1.54) is 17.8 Å². The third-order valence-electron chi connectivity index (χ3n) is 2.99. The first-order chi connectivity index (χ1) is 10.3. The highest BCUT2D eigenvalue weighted by atomic mass is 32.2. The molecule has 0 fully saturated rings. The van der Waals surface area contributed by atoms with E-state index in [1.54, 1.807) is 18.2 Å². The molecule has 0 aliphatic heterocycles. The number of hydrogen-bond donors (Lipinski definition) is 1. The Balaban J connectivity index is 1.98. The number of aromatic nitrogens is 1. The average molecular weight is 298 g/mol. The van der Waals surface area contributed by atoms with Gasteiger partial charge in [-0.05, 0) is 18.2 Å². The van der Waals surface area contributed by atoms with Crippen molar-refractivity contribution in [2.45, 2.75) is 9.79 Å². The molecule has 0 aliphatic carbocycles. The van der Waals surface area contributed by atoms with Crippen molar-refractivity contribution in [3.63, 3.8) is 0 Å². The van der Waals surface area contributed by atoms with Crippen LogP contribution < -0.4 is 4.74 Å². The second-order valence-electron chi connectivity index (χ2n) is 4.31. The standard InChI is InChI=1S/C16H11FN2OS/c17-12-5-1-2-7-14(12)21-15-10-19-16-11(15)4-3-6-13(16)20-9-8-18/h1-7,10,19H,9H2. The molecule has 3 rings (SSSR count). The Bertz CT molecular complexity index is 823. The van der Waals surface area contributed by atoms with E-state index in [1.807, 2.05) is 30.5 Å². The van der Waals surface area contributed by atoms with Gasteiger partial charge in [0, 0.05) is 21.4 Å². The Morgan fingerprint density at radius 2 is 2.00 bits per heavy atom. The van der Waals surface area contributed by atoms with Crippen molar-refractivity contribution in [1.29, 1.82) is 5.26 Å². The summed E-state index contributed by atoms with van der Waals surface area (Å²) < 4.78 is 19.1. The van der Waals surface area contributed by atoms with Crippen molar-refractivity contribution < 1.29 is 9.13 Å². The number of H-pyrrole nitrogens is 1. The van der Waals surface area contributed by atoms with Crippen molar-refractivity contribution in [1.82, 2.24) is 4.98 Å². The molecule has 5 heteroatoms. The molecule has 0 spiro atoms. The minimum Gasteiger partial charge on any atom is -0.477 e. The second-order valence-corrected chi connectivity index (χ2v) is 5.39. The van der Waals surface area contributed by atoms with Gasteiger partial charge in [0.05, 0.1) is 5.52 Å². The molecule has 0 unspecified atom stereocenters. The zero-order valence-corrected chi connectivity index (χ0v) is 11.8. The number of hydrogen-bond acceptors (Lipinski definition) is 3. The van der Waals surface area contributed by atoms with Gasteiger partial charge < -0.3 is 9.72 Å². The summed E-state index contributed by atoms with van der Waals surface area (Å²) >= 11 is 1.36. The number of rotatable bonds is 4. The first-order valence-electron chi connectivity index (χ1n) is 6.32. The van der Waals surface area contributed by atoms with Crippen molar-refractivity contribution in [2.75, 3.05) is 6.61 Å². The van der Waals surface area contributed by atoms with Crippen LogP contribution in [-0.4, -0.2) is 11.6 Å². The third kappa shape index (κ3) is 2.71. The number of benzene rings is 2. The van der Waals surface area contributed by atoms with Gasteiger partial charge in [0.1, 0.15) is 17.6 Å². The zero-order valence-electron chi connectivity index (χ0n) is 11.0. The summed E-state index contributed by atoms with van der Waals surface area (Å²) in [4.78, 5) is 4.61. The molecule has 21 heavy (non-hydrogen) atoms. The van der Waals surface area contributed by atoms with E-state index >= 15 is 0 Å². The normalized spacial score (nSPS) is 10.5. The summed E-state index contributed by atoms with van der Waals surface area (Å²) in [6.07, 6.45) is 1.82. The molecular weight excluding hydrogens is 287 g/mol. The quantitative estimate of drug-likeness (QED) is 0.778. The van der Waals surface area contributed by atoms with Gasteiger partial charge in [-0.1, -0.05) is 36.0 Å². The molecule has 1 heterocycles. The molecule has 0 radical (unpaired) electrons. The number of aromatic amines is 1. The number of ether oxygens (including phenoxy) is 1. The summed E-state index contributed by atoms with van der Waals surface area (Å²) in [6, 6.07) is 14.2. The number of nitrogens with zero attached hydrogens (tertiary/aromatic N) is 1. The highest BCUT2D eigenvalue weighted by Gasteiger charge is 2.11. The Labute approximate surface area is 125 Å². The molecule has 2 aromatic carbocycles. The van der Waals surface area contributed by atoms with E-state index < -0.39 is 0 Å². The number of para-hydroxylation sites is 1. The van der Waals surface area contributed by atoms with Gasteiger partial charge in [-0.2, -0.15) is 5.26 Å². The second kappa shape index (κ2) is 5.90. The number of halogens is 1. The van der Waals surface area contributed by atoms with Crippen LogP contribution in [0.25, 0.3) is 10.9 Å². The summed E-state index contributed by atoms with van der Waals surface area (Å²) in [5, 5.41) is 9.54. The summed E-state index contributed by atoms with van der Waals surface area (Å²) in [7, 11) is 0. The van der Waals surface area contributed by atoms with Crippen LogP contribution in [0.1, 0.15) is 0 Å². The number of fused-ring (bicyclic) bond motifs is 1. The van der Waals surface area contributed by atoms with E-state index in [9.17, 15) is 4.39 Å². The lowest BCUT2D eigenvalue weighted by atomic mass is 10.2. The first-order valence-corrected chi connectivity index (χ1v) is 7.13.